The van der Waals surface area contributed by atoms with Gasteiger partial charge in [-0.05, 0) is 12.8 Å². The van der Waals surface area contributed by atoms with E-state index in [1.165, 1.54) is 20.8 Å². The van der Waals surface area contributed by atoms with Gasteiger partial charge in [0.1, 0.15) is 24.6 Å². The Balaban J connectivity index is 2.72. The van der Waals surface area contributed by atoms with Crippen molar-refractivity contribution in [3.8, 4) is 0 Å². The van der Waals surface area contributed by atoms with Crippen LogP contribution < -0.4 is 5.32 Å². The third-order valence-corrected chi connectivity index (χ3v) is 4.93. The van der Waals surface area contributed by atoms with Gasteiger partial charge in [0.15, 0.2) is 6.29 Å². The molecule has 0 radical (unpaired) electrons. The number of hydrogen-bond acceptors (Lipinski definition) is 9. The molecule has 11 heteroatoms. The van der Waals surface area contributed by atoms with Crippen LogP contribution in [0.3, 0.4) is 0 Å². The van der Waals surface area contributed by atoms with E-state index in [4.69, 9.17) is 24.1 Å². The first-order valence-corrected chi connectivity index (χ1v) is 10.6. The second-order valence-electron chi connectivity index (χ2n) is 7.77. The summed E-state index contributed by atoms with van der Waals surface area (Å²) in [7, 11) is 0. The highest BCUT2D eigenvalue weighted by Gasteiger charge is 2.46. The van der Waals surface area contributed by atoms with Gasteiger partial charge < -0.3 is 29.4 Å². The molecule has 0 bridgehead atoms. The van der Waals surface area contributed by atoms with Gasteiger partial charge in [-0.2, -0.15) is 0 Å². The normalized spacial score (nSPS) is 24.9. The van der Waals surface area contributed by atoms with Crippen LogP contribution in [0.1, 0.15) is 59.8 Å². The van der Waals surface area contributed by atoms with E-state index in [2.05, 4.69) is 5.32 Å². The largest absolute Gasteiger partial charge is 0.481 e. The van der Waals surface area contributed by atoms with Gasteiger partial charge in [0.2, 0.25) is 5.91 Å². The third kappa shape index (κ3) is 10.2. The predicted octanol–water partition coefficient (Wildman–Crippen LogP) is 0.968. The second kappa shape index (κ2) is 13.8. The Morgan fingerprint density at radius 1 is 0.969 bits per heavy atom. The first-order chi connectivity index (χ1) is 15.0. The molecule has 182 valence electrons. The molecule has 1 aliphatic rings. The van der Waals surface area contributed by atoms with E-state index in [0.29, 0.717) is 12.8 Å². The Hall–Kier alpha value is -2.53. The zero-order valence-corrected chi connectivity index (χ0v) is 19.0. The number of carbonyl (C=O) groups excluding carboxylic acids is 4. The number of carboxylic acids is 1. The Morgan fingerprint density at radius 3 is 2.22 bits per heavy atom. The molecule has 1 saturated heterocycles. The number of nitrogens with one attached hydrogen (secondary N) is 1. The number of carbonyl (C=O) groups is 5. The zero-order chi connectivity index (χ0) is 24.3. The van der Waals surface area contributed by atoms with Gasteiger partial charge in [-0.15, -0.1) is 0 Å². The first kappa shape index (κ1) is 27.5. The van der Waals surface area contributed by atoms with Crippen LogP contribution in [0.4, 0.5) is 0 Å². The standard InChI is InChI=1S/C21H33NO10/c1-12-19(22-13(2)23)21(29-10-6-5-7-16(26)8-9-18(27)28)32-17(11-30-14(3)24)20(12)31-15(4)25/h12,17,19-21H,5-11H2,1-4H3,(H,22,23)(H,27,28)/t12-,17?,19?,20-,21-/m1/s1. The summed E-state index contributed by atoms with van der Waals surface area (Å²) < 4.78 is 22.1. The summed E-state index contributed by atoms with van der Waals surface area (Å²) in [4.78, 5) is 56.7. The SMILES string of the molecule is CC(=O)NC1[C@H](OCCCCC(=O)CCC(=O)O)OC(COC(C)=O)[C@H](OC(C)=O)[C@@H]1C. The number of aliphatic carboxylic acids is 1. The average Bonchev–Trinajstić information content (AvgIpc) is 2.68. The van der Waals surface area contributed by atoms with Crippen LogP contribution in [0.5, 0.6) is 0 Å². The number of Topliss-reactive ketones (excluding diaryl/α,β-unsaturated/α-hetero) is 1. The maximum Gasteiger partial charge on any atom is 0.303 e. The highest BCUT2D eigenvalue weighted by Crippen LogP contribution is 2.30. The van der Waals surface area contributed by atoms with Crippen molar-refractivity contribution in [3.63, 3.8) is 0 Å². The van der Waals surface area contributed by atoms with Crippen LogP contribution in [0.25, 0.3) is 0 Å². The summed E-state index contributed by atoms with van der Waals surface area (Å²) in [5.41, 5.74) is 0. The topological polar surface area (TPSA) is 155 Å². The van der Waals surface area contributed by atoms with Crippen LogP contribution in [0, 0.1) is 5.92 Å². The van der Waals surface area contributed by atoms with Crippen LogP contribution in [-0.4, -0.2) is 72.5 Å². The van der Waals surface area contributed by atoms with Crippen molar-refractivity contribution < 1.29 is 48.0 Å². The van der Waals surface area contributed by atoms with Gasteiger partial charge in [0.25, 0.3) is 0 Å². The summed E-state index contributed by atoms with van der Waals surface area (Å²) >= 11 is 0. The molecule has 2 N–H and O–H groups in total. The van der Waals surface area contributed by atoms with Crippen molar-refractivity contribution in [2.24, 2.45) is 5.92 Å². The molecule has 0 aromatic heterocycles. The summed E-state index contributed by atoms with van der Waals surface area (Å²) in [6.07, 6.45) is -1.35. The van der Waals surface area contributed by atoms with Crippen LogP contribution >= 0.6 is 0 Å². The zero-order valence-electron chi connectivity index (χ0n) is 19.0. The minimum absolute atomic E-state index is 0.000582. The van der Waals surface area contributed by atoms with Gasteiger partial charge in [0, 0.05) is 46.1 Å². The smallest absolute Gasteiger partial charge is 0.303 e. The minimum Gasteiger partial charge on any atom is -0.481 e. The summed E-state index contributed by atoms with van der Waals surface area (Å²) in [5, 5.41) is 11.4. The molecule has 1 amide bonds. The van der Waals surface area contributed by atoms with Crippen molar-refractivity contribution in [1.29, 1.82) is 0 Å². The number of ketones is 1. The van der Waals surface area contributed by atoms with E-state index in [1.54, 1.807) is 6.92 Å². The number of rotatable bonds is 13. The molecule has 32 heavy (non-hydrogen) atoms. The molecule has 1 fully saturated rings. The lowest BCUT2D eigenvalue weighted by atomic mass is 9.88. The molecule has 0 saturated carbocycles. The lowest BCUT2D eigenvalue weighted by molar-refractivity contribution is -0.262. The maximum atomic E-state index is 11.7. The van der Waals surface area contributed by atoms with Crippen molar-refractivity contribution in [1.82, 2.24) is 5.32 Å². The van der Waals surface area contributed by atoms with Crippen molar-refractivity contribution in [2.75, 3.05) is 13.2 Å². The fourth-order valence-electron chi connectivity index (χ4n) is 3.41. The van der Waals surface area contributed by atoms with Gasteiger partial charge in [0.05, 0.1) is 12.5 Å². The highest BCUT2D eigenvalue weighted by atomic mass is 16.7. The number of hydrogen-bond donors (Lipinski definition) is 2. The van der Waals surface area contributed by atoms with Crippen LogP contribution in [0.2, 0.25) is 0 Å². The van der Waals surface area contributed by atoms with Crippen LogP contribution in [-0.2, 0) is 42.9 Å². The molecule has 1 aliphatic heterocycles. The highest BCUT2D eigenvalue weighted by molar-refractivity contribution is 5.82. The lowest BCUT2D eigenvalue weighted by Crippen LogP contribution is -2.62. The molecule has 1 rings (SSSR count). The van der Waals surface area contributed by atoms with E-state index < -0.39 is 48.4 Å². The molecular formula is C21H33NO10. The quantitative estimate of drug-likeness (QED) is 0.301. The van der Waals surface area contributed by atoms with Crippen molar-refractivity contribution >= 4 is 29.6 Å². The van der Waals surface area contributed by atoms with Crippen LogP contribution in [0.15, 0.2) is 0 Å². The Bertz CT molecular complexity index is 677. The van der Waals surface area contributed by atoms with E-state index in [1.807, 2.05) is 0 Å². The fourth-order valence-corrected chi connectivity index (χ4v) is 3.41. The van der Waals surface area contributed by atoms with E-state index in [9.17, 15) is 24.0 Å². The van der Waals surface area contributed by atoms with E-state index in [-0.39, 0.29) is 44.2 Å². The molecule has 11 nitrogen and oxygen atoms in total. The van der Waals surface area contributed by atoms with Crippen molar-refractivity contribution in [2.45, 2.75) is 84.3 Å². The Labute approximate surface area is 187 Å². The number of amides is 1. The Morgan fingerprint density at radius 2 is 1.66 bits per heavy atom. The summed E-state index contributed by atoms with van der Waals surface area (Å²) in [6, 6.07) is -0.623. The summed E-state index contributed by atoms with van der Waals surface area (Å²) in [5.74, 6) is -2.91. The molecule has 0 aromatic rings. The Kier molecular flexibility index (Phi) is 11.9. The summed E-state index contributed by atoms with van der Waals surface area (Å²) in [6.45, 7) is 5.69. The molecule has 0 spiro atoms. The monoisotopic (exact) mass is 459 g/mol. The molecule has 5 atom stereocenters. The third-order valence-electron chi connectivity index (χ3n) is 4.93. The first-order valence-electron chi connectivity index (χ1n) is 10.6. The predicted molar refractivity (Wildman–Crippen MR) is 109 cm³/mol. The molecule has 0 aliphatic carbocycles. The number of esters is 2. The van der Waals surface area contributed by atoms with Gasteiger partial charge in [-0.1, -0.05) is 6.92 Å². The second-order valence-corrected chi connectivity index (χ2v) is 7.77. The molecular weight excluding hydrogens is 426 g/mol. The molecule has 1 heterocycles. The van der Waals surface area contributed by atoms with E-state index in [0.717, 1.165) is 0 Å². The van der Waals surface area contributed by atoms with Gasteiger partial charge in [-0.25, -0.2) is 0 Å². The van der Waals surface area contributed by atoms with Crippen molar-refractivity contribution in [3.05, 3.63) is 0 Å². The molecule has 2 unspecified atom stereocenters. The van der Waals surface area contributed by atoms with Gasteiger partial charge >= 0.3 is 17.9 Å². The maximum absolute atomic E-state index is 11.7. The van der Waals surface area contributed by atoms with E-state index >= 15 is 0 Å². The fraction of sp³-hybridized carbons (Fsp3) is 0.762. The molecule has 0 aromatic carbocycles. The number of carboxylic acid groups (broad SMARTS) is 1. The number of ether oxygens (including phenoxy) is 4. The minimum atomic E-state index is -1.01. The average molecular weight is 459 g/mol. The van der Waals surface area contributed by atoms with Gasteiger partial charge in [-0.3, -0.25) is 24.0 Å². The lowest BCUT2D eigenvalue weighted by Gasteiger charge is -2.44. The number of unbranched alkanes of at least 4 members (excludes halogenated alkanes) is 1.